The molecule has 0 saturated carbocycles. The van der Waals surface area contributed by atoms with Gasteiger partial charge in [0.1, 0.15) is 0 Å². The van der Waals surface area contributed by atoms with Crippen LogP contribution in [-0.4, -0.2) is 42.4 Å². The van der Waals surface area contributed by atoms with Crippen LogP contribution in [0.25, 0.3) is 221 Å². The number of benzene rings is 17. The summed E-state index contributed by atoms with van der Waals surface area (Å²) in [5.41, 5.74) is 26.2. The van der Waals surface area contributed by atoms with Gasteiger partial charge in [0.05, 0.1) is 89.2 Å². The Hall–Kier alpha value is -16.0. The van der Waals surface area contributed by atoms with Crippen molar-refractivity contribution in [3.05, 3.63) is 394 Å². The van der Waals surface area contributed by atoms with Gasteiger partial charge in [-0.2, -0.15) is 5.26 Å². The van der Waals surface area contributed by atoms with Gasteiger partial charge in [0.15, 0.2) is 17.5 Å². The molecule has 0 aliphatic carbocycles. The standard InChI is InChI=1S/C106H64N10/c107-65-66-43-45-67(46-44-66)70-47-53-98(115-99-55-49-72(111-90-35-15-7-27-76(90)77-28-8-16-36-91(77)111)61-85(99)86-62-73(50-56-100(86)115)112-92-37-17-9-29-78(92)79-30-10-18-38-93(79)112)84(59-70)71-48-54-103(89(60-71)106-109-104(68-23-3-1-4-24-68)108-105(110-106)69-25-5-2-6-26-69)116-101-57-51-74(113-94-39-19-11-31-80(94)81-32-12-20-40-95(81)113)63-87(101)88-64-75(52-58-102(88)116)114-96-41-21-13-33-82(96)83-34-14-22-42-97(83)114/h1-64H. The van der Waals surface area contributed by atoms with Crippen LogP contribution in [0.4, 0.5) is 0 Å². The molecular formula is C106H64N10. The van der Waals surface area contributed by atoms with Gasteiger partial charge in [-0.25, -0.2) is 15.0 Å². The summed E-state index contributed by atoms with van der Waals surface area (Å²) in [4.78, 5) is 16.7. The third-order valence-corrected chi connectivity index (χ3v) is 23.9. The van der Waals surface area contributed by atoms with Gasteiger partial charge in [-0.05, 0) is 174 Å². The Morgan fingerprint density at radius 1 is 0.181 bits per heavy atom. The normalized spacial score (nSPS) is 12.0. The van der Waals surface area contributed by atoms with Crippen molar-refractivity contribution in [2.45, 2.75) is 0 Å². The lowest BCUT2D eigenvalue weighted by Gasteiger charge is -2.19. The fourth-order valence-corrected chi connectivity index (χ4v) is 18.8. The van der Waals surface area contributed by atoms with E-state index in [2.05, 4.69) is 373 Å². The van der Waals surface area contributed by atoms with Gasteiger partial charge in [-0.1, -0.05) is 231 Å². The molecule has 0 saturated heterocycles. The van der Waals surface area contributed by atoms with E-state index in [1.165, 1.54) is 43.1 Å². The van der Waals surface area contributed by atoms with Crippen LogP contribution in [0.15, 0.2) is 388 Å². The quantitative estimate of drug-likeness (QED) is 0.129. The van der Waals surface area contributed by atoms with Crippen LogP contribution in [0.3, 0.4) is 0 Å². The van der Waals surface area contributed by atoms with E-state index in [1.807, 2.05) is 48.5 Å². The van der Waals surface area contributed by atoms with E-state index in [0.717, 1.165) is 161 Å². The Labute approximate surface area is 664 Å². The first-order valence-corrected chi connectivity index (χ1v) is 39.3. The maximum absolute atomic E-state index is 10.2. The first kappa shape index (κ1) is 64.8. The molecule has 0 amide bonds. The van der Waals surface area contributed by atoms with Gasteiger partial charge in [0.25, 0.3) is 0 Å². The maximum Gasteiger partial charge on any atom is 0.166 e. The summed E-state index contributed by atoms with van der Waals surface area (Å²) in [5.74, 6) is 1.60. The molecule has 0 aliphatic heterocycles. The van der Waals surface area contributed by atoms with Crippen molar-refractivity contribution in [2.24, 2.45) is 0 Å². The highest BCUT2D eigenvalue weighted by Crippen LogP contribution is 2.47. The lowest BCUT2D eigenvalue weighted by Crippen LogP contribution is -2.05. The summed E-state index contributed by atoms with van der Waals surface area (Å²) in [6.45, 7) is 0. The van der Waals surface area contributed by atoms with E-state index in [-0.39, 0.29) is 0 Å². The van der Waals surface area contributed by atoms with Crippen molar-refractivity contribution in [3.63, 3.8) is 0 Å². The van der Waals surface area contributed by atoms with Gasteiger partial charge in [0.2, 0.25) is 0 Å². The third-order valence-electron chi connectivity index (χ3n) is 23.9. The molecule has 10 heteroatoms. The fraction of sp³-hybridized carbons (Fsp3) is 0. The number of hydrogen-bond acceptors (Lipinski definition) is 4. The zero-order valence-corrected chi connectivity index (χ0v) is 62.4. The minimum absolute atomic E-state index is 0.505. The number of aromatic nitrogens is 9. The molecule has 0 bridgehead atoms. The van der Waals surface area contributed by atoms with Crippen LogP contribution in [-0.2, 0) is 0 Å². The van der Waals surface area contributed by atoms with Crippen LogP contribution in [0, 0.1) is 11.3 Å². The molecule has 538 valence electrons. The minimum atomic E-state index is 0.505. The van der Waals surface area contributed by atoms with Crippen LogP contribution >= 0.6 is 0 Å². The van der Waals surface area contributed by atoms with E-state index in [1.54, 1.807) is 0 Å². The number of fused-ring (bicyclic) bond motifs is 18. The van der Waals surface area contributed by atoms with Gasteiger partial charge in [-0.3, -0.25) is 0 Å². The lowest BCUT2D eigenvalue weighted by atomic mass is 9.94. The maximum atomic E-state index is 10.2. The summed E-state index contributed by atoms with van der Waals surface area (Å²) < 4.78 is 14.6. The molecule has 0 unspecified atom stereocenters. The monoisotopic (exact) mass is 1480 g/mol. The van der Waals surface area contributed by atoms with Crippen molar-refractivity contribution >= 4 is 131 Å². The Balaban J connectivity index is 0.796. The molecule has 7 heterocycles. The number of para-hydroxylation sites is 8. The molecule has 116 heavy (non-hydrogen) atoms. The van der Waals surface area contributed by atoms with Crippen molar-refractivity contribution < 1.29 is 0 Å². The van der Waals surface area contributed by atoms with Gasteiger partial charge in [0, 0.05) is 110 Å². The highest BCUT2D eigenvalue weighted by atomic mass is 15.1. The average Bonchev–Trinajstić information content (AvgIpc) is 1.54. The van der Waals surface area contributed by atoms with Crippen molar-refractivity contribution in [2.75, 3.05) is 0 Å². The number of hydrogen-bond donors (Lipinski definition) is 0. The molecule has 24 aromatic rings. The molecule has 0 fully saturated rings. The molecule has 0 spiro atoms. The number of nitriles is 1. The number of nitrogens with zero attached hydrogens (tertiary/aromatic N) is 10. The van der Waals surface area contributed by atoms with E-state index >= 15 is 0 Å². The smallest absolute Gasteiger partial charge is 0.166 e. The number of rotatable bonds is 11. The van der Waals surface area contributed by atoms with Crippen LogP contribution in [0.5, 0.6) is 0 Å². The second kappa shape index (κ2) is 25.5. The topological polar surface area (TPSA) is 92.0 Å². The predicted octanol–water partition coefficient (Wildman–Crippen LogP) is 26.7. The van der Waals surface area contributed by atoms with Gasteiger partial charge in [-0.15, -0.1) is 0 Å². The summed E-state index contributed by atoms with van der Waals surface area (Å²) in [7, 11) is 0. The summed E-state index contributed by atoms with van der Waals surface area (Å²) in [6.07, 6.45) is 0. The first-order valence-electron chi connectivity index (χ1n) is 39.3. The summed E-state index contributed by atoms with van der Waals surface area (Å²) >= 11 is 0. The van der Waals surface area contributed by atoms with Crippen LogP contribution in [0.2, 0.25) is 0 Å². The molecule has 0 atom stereocenters. The Morgan fingerprint density at radius 3 is 0.759 bits per heavy atom. The van der Waals surface area contributed by atoms with E-state index < -0.39 is 0 Å². The highest BCUT2D eigenvalue weighted by molar-refractivity contribution is 6.17. The van der Waals surface area contributed by atoms with Crippen LogP contribution in [0.1, 0.15) is 5.56 Å². The van der Waals surface area contributed by atoms with Gasteiger partial charge >= 0.3 is 0 Å². The Bertz CT molecular complexity index is 7670. The van der Waals surface area contributed by atoms with Crippen molar-refractivity contribution in [3.8, 4) is 96.6 Å². The highest BCUT2D eigenvalue weighted by Gasteiger charge is 2.27. The lowest BCUT2D eigenvalue weighted by molar-refractivity contribution is 1.06. The SMILES string of the molecule is N#Cc1ccc(-c2ccc(-n3c4ccc(-n5c6ccccc6c6ccccc65)cc4c4cc(-n5c6ccccc6c6ccccc65)ccc43)c(-c3ccc(-n4c5ccc(-n6c7ccccc7c7ccccc76)cc5c5cc(-n6c7ccccc7c7ccccc76)ccc54)c(-c4nc(-c5ccccc5)nc(-c5ccccc5)n4)c3)c2)cc1. The van der Waals surface area contributed by atoms with E-state index in [9.17, 15) is 5.26 Å². The summed E-state index contributed by atoms with van der Waals surface area (Å²) in [6, 6.07) is 143. The Morgan fingerprint density at radius 2 is 0.440 bits per heavy atom. The summed E-state index contributed by atoms with van der Waals surface area (Å²) in [5, 5.41) is 24.2. The predicted molar refractivity (Wildman–Crippen MR) is 478 cm³/mol. The largest absolute Gasteiger partial charge is 0.309 e. The second-order valence-electron chi connectivity index (χ2n) is 30.1. The minimum Gasteiger partial charge on any atom is -0.309 e. The molecule has 17 aromatic carbocycles. The van der Waals surface area contributed by atoms with Crippen molar-refractivity contribution in [1.82, 2.24) is 42.4 Å². The molecular weight excluding hydrogens is 1410 g/mol. The molecule has 0 radical (unpaired) electrons. The fourth-order valence-electron chi connectivity index (χ4n) is 18.8. The molecule has 10 nitrogen and oxygen atoms in total. The zero-order valence-electron chi connectivity index (χ0n) is 62.4. The first-order chi connectivity index (χ1) is 57.5. The van der Waals surface area contributed by atoms with E-state index in [4.69, 9.17) is 15.0 Å². The molecule has 7 aromatic heterocycles. The zero-order chi connectivity index (χ0) is 76.2. The van der Waals surface area contributed by atoms with E-state index in [0.29, 0.717) is 23.0 Å². The second-order valence-corrected chi connectivity index (χ2v) is 30.1. The molecule has 24 rings (SSSR count). The average molecular weight is 1480 g/mol. The third kappa shape index (κ3) is 9.86. The van der Waals surface area contributed by atoms with Gasteiger partial charge < -0.3 is 27.4 Å². The molecule has 0 aliphatic rings. The van der Waals surface area contributed by atoms with Crippen LogP contribution < -0.4 is 0 Å². The molecule has 0 N–H and O–H groups in total. The Kier molecular flexibility index (Phi) is 14.3. The van der Waals surface area contributed by atoms with Crippen molar-refractivity contribution in [1.29, 1.82) is 5.26 Å².